The zero-order chi connectivity index (χ0) is 20.1. The first-order chi connectivity index (χ1) is 13.4. The van der Waals surface area contributed by atoms with Crippen molar-refractivity contribution in [3.8, 4) is 11.5 Å². The van der Waals surface area contributed by atoms with Gasteiger partial charge in [-0.3, -0.25) is 9.59 Å². The standard InChI is InChI=1S/C22H26N2O4/c1-15(2)18-5-7-19(8-6-18)24(16(3)25)11-10-22(26)23-13-17-4-9-20-21(12-17)28-14-27-20/h4-9,12,15H,10-11,13-14H2,1-3H3,(H,23,26). The summed E-state index contributed by atoms with van der Waals surface area (Å²) >= 11 is 0. The van der Waals surface area contributed by atoms with E-state index in [1.807, 2.05) is 42.5 Å². The molecule has 2 aromatic carbocycles. The lowest BCUT2D eigenvalue weighted by Crippen LogP contribution is -2.33. The minimum atomic E-state index is -0.109. The fourth-order valence-corrected chi connectivity index (χ4v) is 3.06. The van der Waals surface area contributed by atoms with Crippen molar-refractivity contribution in [3.63, 3.8) is 0 Å². The number of rotatable bonds is 7. The summed E-state index contributed by atoms with van der Waals surface area (Å²) in [5.74, 6) is 1.65. The van der Waals surface area contributed by atoms with Crippen molar-refractivity contribution in [3.05, 3.63) is 53.6 Å². The van der Waals surface area contributed by atoms with Crippen LogP contribution in [0.2, 0.25) is 0 Å². The summed E-state index contributed by atoms with van der Waals surface area (Å²) in [5, 5.41) is 2.89. The molecule has 2 aromatic rings. The fourth-order valence-electron chi connectivity index (χ4n) is 3.06. The SMILES string of the molecule is CC(=O)N(CCC(=O)NCc1ccc2c(c1)OCO2)c1ccc(C(C)C)cc1. The first-order valence-corrected chi connectivity index (χ1v) is 9.47. The van der Waals surface area contributed by atoms with Crippen LogP contribution in [-0.4, -0.2) is 25.2 Å². The van der Waals surface area contributed by atoms with E-state index in [1.165, 1.54) is 12.5 Å². The van der Waals surface area contributed by atoms with Crippen molar-refractivity contribution in [1.29, 1.82) is 0 Å². The minimum absolute atomic E-state index is 0.0825. The largest absolute Gasteiger partial charge is 0.454 e. The first-order valence-electron chi connectivity index (χ1n) is 9.47. The van der Waals surface area contributed by atoms with Gasteiger partial charge in [0.2, 0.25) is 18.6 Å². The topological polar surface area (TPSA) is 67.9 Å². The monoisotopic (exact) mass is 382 g/mol. The summed E-state index contributed by atoms with van der Waals surface area (Å²) in [5.41, 5.74) is 2.96. The number of fused-ring (bicyclic) bond motifs is 1. The van der Waals surface area contributed by atoms with E-state index in [4.69, 9.17) is 9.47 Å². The van der Waals surface area contributed by atoms with Gasteiger partial charge >= 0.3 is 0 Å². The summed E-state index contributed by atoms with van der Waals surface area (Å²) in [6.07, 6.45) is 0.232. The lowest BCUT2D eigenvalue weighted by atomic mass is 10.0. The zero-order valence-electron chi connectivity index (χ0n) is 16.5. The Morgan fingerprint density at radius 3 is 2.46 bits per heavy atom. The molecule has 1 heterocycles. The minimum Gasteiger partial charge on any atom is -0.454 e. The second-order valence-electron chi connectivity index (χ2n) is 7.13. The van der Waals surface area contributed by atoms with Gasteiger partial charge in [0.25, 0.3) is 0 Å². The Hall–Kier alpha value is -3.02. The van der Waals surface area contributed by atoms with Crippen molar-refractivity contribution in [2.24, 2.45) is 0 Å². The van der Waals surface area contributed by atoms with Gasteiger partial charge in [-0.15, -0.1) is 0 Å². The van der Waals surface area contributed by atoms with Crippen LogP contribution in [0, 0.1) is 0 Å². The third kappa shape index (κ3) is 4.82. The van der Waals surface area contributed by atoms with Crippen molar-refractivity contribution < 1.29 is 19.1 Å². The Labute approximate surface area is 165 Å². The summed E-state index contributed by atoms with van der Waals surface area (Å²) in [6.45, 7) is 6.73. The molecule has 0 aromatic heterocycles. The molecule has 28 heavy (non-hydrogen) atoms. The van der Waals surface area contributed by atoms with Gasteiger partial charge in [0, 0.05) is 32.1 Å². The number of carbonyl (C=O) groups excluding carboxylic acids is 2. The predicted molar refractivity (Wildman–Crippen MR) is 108 cm³/mol. The number of hydrogen-bond acceptors (Lipinski definition) is 4. The molecule has 0 atom stereocenters. The molecule has 0 fully saturated rings. The van der Waals surface area contributed by atoms with Crippen molar-refractivity contribution in [1.82, 2.24) is 5.32 Å². The van der Waals surface area contributed by atoms with E-state index in [1.54, 1.807) is 4.90 Å². The van der Waals surface area contributed by atoms with Crippen LogP contribution < -0.4 is 19.7 Å². The van der Waals surface area contributed by atoms with E-state index in [0.29, 0.717) is 24.8 Å². The van der Waals surface area contributed by atoms with Crippen molar-refractivity contribution in [2.75, 3.05) is 18.2 Å². The third-order valence-corrected chi connectivity index (χ3v) is 4.74. The Morgan fingerprint density at radius 1 is 1.07 bits per heavy atom. The van der Waals surface area contributed by atoms with Crippen LogP contribution in [0.1, 0.15) is 44.2 Å². The highest BCUT2D eigenvalue weighted by Gasteiger charge is 2.15. The highest BCUT2D eigenvalue weighted by atomic mass is 16.7. The van der Waals surface area contributed by atoms with Gasteiger partial charge in [-0.05, 0) is 41.3 Å². The lowest BCUT2D eigenvalue weighted by molar-refractivity contribution is -0.121. The lowest BCUT2D eigenvalue weighted by Gasteiger charge is -2.21. The average molecular weight is 382 g/mol. The van der Waals surface area contributed by atoms with Gasteiger partial charge in [-0.1, -0.05) is 32.0 Å². The smallest absolute Gasteiger partial charge is 0.231 e. The Morgan fingerprint density at radius 2 is 1.79 bits per heavy atom. The van der Waals surface area contributed by atoms with Crippen LogP contribution in [0.15, 0.2) is 42.5 Å². The Kier molecular flexibility index (Phi) is 6.19. The van der Waals surface area contributed by atoms with Gasteiger partial charge in [0.15, 0.2) is 11.5 Å². The molecule has 0 aliphatic carbocycles. The van der Waals surface area contributed by atoms with Gasteiger partial charge in [0.05, 0.1) is 0 Å². The van der Waals surface area contributed by atoms with E-state index >= 15 is 0 Å². The number of hydrogen-bond donors (Lipinski definition) is 1. The van der Waals surface area contributed by atoms with E-state index in [0.717, 1.165) is 17.0 Å². The number of benzene rings is 2. The van der Waals surface area contributed by atoms with Gasteiger partial charge in [-0.2, -0.15) is 0 Å². The van der Waals surface area contributed by atoms with Crippen LogP contribution >= 0.6 is 0 Å². The third-order valence-electron chi connectivity index (χ3n) is 4.74. The molecule has 0 saturated carbocycles. The molecule has 1 aliphatic heterocycles. The molecule has 148 valence electrons. The predicted octanol–water partition coefficient (Wildman–Crippen LogP) is 3.60. The normalized spacial score (nSPS) is 12.1. The molecule has 0 bridgehead atoms. The van der Waals surface area contributed by atoms with E-state index in [-0.39, 0.29) is 25.0 Å². The van der Waals surface area contributed by atoms with Crippen LogP contribution in [0.4, 0.5) is 5.69 Å². The molecule has 0 radical (unpaired) electrons. The second-order valence-corrected chi connectivity index (χ2v) is 7.13. The molecule has 0 unspecified atom stereocenters. The Balaban J connectivity index is 1.53. The summed E-state index contributed by atoms with van der Waals surface area (Å²) in [4.78, 5) is 25.9. The zero-order valence-corrected chi connectivity index (χ0v) is 16.5. The molecule has 3 rings (SSSR count). The highest BCUT2D eigenvalue weighted by molar-refractivity contribution is 5.92. The molecular formula is C22H26N2O4. The number of ether oxygens (including phenoxy) is 2. The fraction of sp³-hybridized carbons (Fsp3) is 0.364. The summed E-state index contributed by atoms with van der Waals surface area (Å²) in [6, 6.07) is 13.5. The summed E-state index contributed by atoms with van der Waals surface area (Å²) < 4.78 is 10.6. The van der Waals surface area contributed by atoms with Crippen LogP contribution in [0.25, 0.3) is 0 Å². The molecule has 0 spiro atoms. The van der Waals surface area contributed by atoms with Gasteiger partial charge < -0.3 is 19.7 Å². The molecule has 6 nitrogen and oxygen atoms in total. The van der Waals surface area contributed by atoms with Crippen molar-refractivity contribution in [2.45, 2.75) is 39.7 Å². The van der Waals surface area contributed by atoms with E-state index in [2.05, 4.69) is 19.2 Å². The number of nitrogens with one attached hydrogen (secondary N) is 1. The molecule has 1 N–H and O–H groups in total. The van der Waals surface area contributed by atoms with Crippen molar-refractivity contribution >= 4 is 17.5 Å². The second kappa shape index (κ2) is 8.78. The molecule has 0 saturated heterocycles. The molecule has 1 aliphatic rings. The Bertz CT molecular complexity index is 846. The maximum Gasteiger partial charge on any atom is 0.231 e. The quantitative estimate of drug-likeness (QED) is 0.795. The average Bonchev–Trinajstić information content (AvgIpc) is 3.14. The maximum absolute atomic E-state index is 12.2. The van der Waals surface area contributed by atoms with Crippen LogP contribution in [0.3, 0.4) is 0 Å². The van der Waals surface area contributed by atoms with Gasteiger partial charge in [0.1, 0.15) is 0 Å². The molecular weight excluding hydrogens is 356 g/mol. The highest BCUT2D eigenvalue weighted by Crippen LogP contribution is 2.32. The van der Waals surface area contributed by atoms with Crippen LogP contribution in [-0.2, 0) is 16.1 Å². The van der Waals surface area contributed by atoms with E-state index < -0.39 is 0 Å². The summed E-state index contributed by atoms with van der Waals surface area (Å²) in [7, 11) is 0. The molecule has 2 amide bonds. The number of anilines is 1. The number of carbonyl (C=O) groups is 2. The first kappa shape index (κ1) is 19.7. The van der Waals surface area contributed by atoms with E-state index in [9.17, 15) is 9.59 Å². The number of amides is 2. The maximum atomic E-state index is 12.2. The van der Waals surface area contributed by atoms with Gasteiger partial charge in [-0.25, -0.2) is 0 Å². The molecule has 6 heteroatoms. The number of nitrogens with zero attached hydrogens (tertiary/aromatic N) is 1. The van der Waals surface area contributed by atoms with Crippen LogP contribution in [0.5, 0.6) is 11.5 Å².